The summed E-state index contributed by atoms with van der Waals surface area (Å²) in [5.41, 5.74) is 8.14. The third-order valence-electron chi connectivity index (χ3n) is 2.95. The maximum absolute atomic E-state index is 5.74. The summed E-state index contributed by atoms with van der Waals surface area (Å²) in [5.74, 6) is 1.52. The summed E-state index contributed by atoms with van der Waals surface area (Å²) in [6.45, 7) is 0.398. The molecule has 0 atom stereocenters. The monoisotopic (exact) mass is 269 g/mol. The fourth-order valence-electron chi connectivity index (χ4n) is 1.98. The lowest BCUT2D eigenvalue weighted by molar-refractivity contribution is 0.299. The van der Waals surface area contributed by atoms with E-state index in [4.69, 9.17) is 15.2 Å². The Bertz CT molecular complexity index is 737. The second-order valence-corrected chi connectivity index (χ2v) is 4.43. The van der Waals surface area contributed by atoms with Crippen molar-refractivity contribution in [3.05, 3.63) is 54.5 Å². The van der Waals surface area contributed by atoms with Crippen molar-refractivity contribution in [3.8, 4) is 11.5 Å². The summed E-state index contributed by atoms with van der Waals surface area (Å²) in [6, 6.07) is 11.2. The topological polar surface area (TPSA) is 61.8 Å². The molecule has 102 valence electrons. The smallest absolute Gasteiger partial charge is 0.137 e. The van der Waals surface area contributed by atoms with Crippen LogP contribution in [0.2, 0.25) is 0 Å². The van der Waals surface area contributed by atoms with Gasteiger partial charge in [-0.2, -0.15) is 0 Å². The molecule has 0 fully saturated rings. The van der Waals surface area contributed by atoms with Gasteiger partial charge in [0.2, 0.25) is 0 Å². The molecule has 5 heteroatoms. The van der Waals surface area contributed by atoms with E-state index in [1.807, 2.05) is 53.2 Å². The molecule has 3 rings (SSSR count). The molecule has 0 amide bonds. The van der Waals surface area contributed by atoms with Crippen molar-refractivity contribution >= 4 is 11.3 Å². The molecule has 0 aliphatic heterocycles. The predicted molar refractivity (Wildman–Crippen MR) is 76.9 cm³/mol. The number of imidazole rings is 1. The molecule has 20 heavy (non-hydrogen) atoms. The zero-order chi connectivity index (χ0) is 13.9. The maximum Gasteiger partial charge on any atom is 0.137 e. The van der Waals surface area contributed by atoms with Gasteiger partial charge in [-0.1, -0.05) is 6.07 Å². The molecule has 0 radical (unpaired) electrons. The molecule has 1 aromatic carbocycles. The van der Waals surface area contributed by atoms with Crippen molar-refractivity contribution in [3.63, 3.8) is 0 Å². The van der Waals surface area contributed by atoms with E-state index in [9.17, 15) is 0 Å². The lowest BCUT2D eigenvalue weighted by atomic mass is 10.3. The van der Waals surface area contributed by atoms with Crippen LogP contribution in [-0.2, 0) is 6.61 Å². The highest BCUT2D eigenvalue weighted by molar-refractivity contribution is 5.48. The molecule has 0 aliphatic rings. The van der Waals surface area contributed by atoms with Gasteiger partial charge in [0.1, 0.15) is 23.8 Å². The van der Waals surface area contributed by atoms with E-state index in [1.54, 1.807) is 7.11 Å². The van der Waals surface area contributed by atoms with Crippen LogP contribution in [0.5, 0.6) is 11.5 Å². The summed E-state index contributed by atoms with van der Waals surface area (Å²) < 4.78 is 12.8. The summed E-state index contributed by atoms with van der Waals surface area (Å²) in [5, 5.41) is 0. The lowest BCUT2D eigenvalue weighted by Crippen LogP contribution is -1.95. The van der Waals surface area contributed by atoms with Crippen molar-refractivity contribution < 1.29 is 9.47 Å². The number of anilines is 1. The van der Waals surface area contributed by atoms with E-state index < -0.39 is 0 Å². The number of hydrogen-bond acceptors (Lipinski definition) is 4. The molecule has 5 nitrogen and oxygen atoms in total. The molecule has 3 aromatic rings. The van der Waals surface area contributed by atoms with Gasteiger partial charge in [-0.3, -0.25) is 0 Å². The van der Waals surface area contributed by atoms with Crippen molar-refractivity contribution in [2.24, 2.45) is 0 Å². The minimum absolute atomic E-state index is 0.398. The Labute approximate surface area is 116 Å². The van der Waals surface area contributed by atoms with Crippen LogP contribution in [0.1, 0.15) is 5.69 Å². The Kier molecular flexibility index (Phi) is 3.16. The van der Waals surface area contributed by atoms with E-state index in [-0.39, 0.29) is 0 Å². The van der Waals surface area contributed by atoms with E-state index in [0.29, 0.717) is 12.3 Å². The van der Waals surface area contributed by atoms with Crippen molar-refractivity contribution in [1.29, 1.82) is 0 Å². The summed E-state index contributed by atoms with van der Waals surface area (Å²) in [4.78, 5) is 4.46. The zero-order valence-electron chi connectivity index (χ0n) is 11.1. The SMILES string of the molecule is COc1cccc(OCc2cn3cc(N)ccc3n2)c1. The number of methoxy groups -OCH3 is 1. The van der Waals surface area contributed by atoms with Crippen LogP contribution in [0, 0.1) is 0 Å². The number of aromatic nitrogens is 2. The molecule has 0 saturated heterocycles. The molecule has 0 aliphatic carbocycles. The lowest BCUT2D eigenvalue weighted by Gasteiger charge is -2.05. The Morgan fingerprint density at radius 3 is 2.85 bits per heavy atom. The average molecular weight is 269 g/mol. The van der Waals surface area contributed by atoms with Crippen molar-refractivity contribution in [2.45, 2.75) is 6.61 Å². The second kappa shape index (κ2) is 5.13. The normalized spacial score (nSPS) is 10.7. The molecule has 0 unspecified atom stereocenters. The van der Waals surface area contributed by atoms with Crippen LogP contribution in [0.15, 0.2) is 48.8 Å². The van der Waals surface area contributed by atoms with Gasteiger partial charge in [0.25, 0.3) is 0 Å². The predicted octanol–water partition coefficient (Wildman–Crippen LogP) is 2.50. The first-order valence-corrected chi connectivity index (χ1v) is 6.24. The Morgan fingerprint density at radius 1 is 1.15 bits per heavy atom. The van der Waals surface area contributed by atoms with Gasteiger partial charge in [0.15, 0.2) is 0 Å². The molecule has 2 aromatic heterocycles. The molecule has 0 saturated carbocycles. The Morgan fingerprint density at radius 2 is 2.00 bits per heavy atom. The molecule has 2 heterocycles. The zero-order valence-corrected chi connectivity index (χ0v) is 11.1. The second-order valence-electron chi connectivity index (χ2n) is 4.43. The first-order valence-electron chi connectivity index (χ1n) is 6.24. The third kappa shape index (κ3) is 2.51. The van der Waals surface area contributed by atoms with Crippen LogP contribution in [0.4, 0.5) is 5.69 Å². The Balaban J connectivity index is 1.76. The quantitative estimate of drug-likeness (QED) is 0.790. The van der Waals surface area contributed by atoms with Crippen LogP contribution in [-0.4, -0.2) is 16.5 Å². The number of benzene rings is 1. The highest BCUT2D eigenvalue weighted by Gasteiger charge is 2.03. The third-order valence-corrected chi connectivity index (χ3v) is 2.95. The number of rotatable bonds is 4. The van der Waals surface area contributed by atoms with Crippen molar-refractivity contribution in [1.82, 2.24) is 9.38 Å². The largest absolute Gasteiger partial charge is 0.497 e. The summed E-state index contributed by atoms with van der Waals surface area (Å²) in [6.07, 6.45) is 3.74. The minimum Gasteiger partial charge on any atom is -0.497 e. The van der Waals surface area contributed by atoms with Gasteiger partial charge < -0.3 is 19.6 Å². The molecular formula is C15H15N3O2. The van der Waals surface area contributed by atoms with Crippen LogP contribution >= 0.6 is 0 Å². The molecule has 0 bridgehead atoms. The fourth-order valence-corrected chi connectivity index (χ4v) is 1.98. The highest BCUT2D eigenvalue weighted by Crippen LogP contribution is 2.20. The van der Waals surface area contributed by atoms with Gasteiger partial charge in [-0.25, -0.2) is 4.98 Å². The molecular weight excluding hydrogens is 254 g/mol. The number of nitrogens with zero attached hydrogens (tertiary/aromatic N) is 2. The minimum atomic E-state index is 0.398. The maximum atomic E-state index is 5.74. The van der Waals surface area contributed by atoms with E-state index in [0.717, 1.165) is 22.8 Å². The van der Waals surface area contributed by atoms with E-state index in [1.165, 1.54) is 0 Å². The standard InChI is InChI=1S/C15H15N3O2/c1-19-13-3-2-4-14(7-13)20-10-12-9-18-8-11(16)5-6-15(18)17-12/h2-9H,10,16H2,1H3. The molecule has 0 spiro atoms. The first-order chi connectivity index (χ1) is 9.74. The number of hydrogen-bond donors (Lipinski definition) is 1. The van der Waals surface area contributed by atoms with Gasteiger partial charge in [-0.05, 0) is 24.3 Å². The van der Waals surface area contributed by atoms with Crippen LogP contribution in [0.25, 0.3) is 5.65 Å². The van der Waals surface area contributed by atoms with Gasteiger partial charge >= 0.3 is 0 Å². The number of ether oxygens (including phenoxy) is 2. The van der Waals surface area contributed by atoms with Crippen LogP contribution < -0.4 is 15.2 Å². The Hall–Kier alpha value is -2.69. The van der Waals surface area contributed by atoms with Crippen LogP contribution in [0.3, 0.4) is 0 Å². The number of fused-ring (bicyclic) bond motifs is 1. The van der Waals surface area contributed by atoms with Gasteiger partial charge in [-0.15, -0.1) is 0 Å². The number of nitrogens with two attached hydrogens (primary N) is 1. The fraction of sp³-hybridized carbons (Fsp3) is 0.133. The average Bonchev–Trinajstić information content (AvgIpc) is 2.87. The number of pyridine rings is 1. The van der Waals surface area contributed by atoms with Crippen molar-refractivity contribution in [2.75, 3.05) is 12.8 Å². The highest BCUT2D eigenvalue weighted by atomic mass is 16.5. The first kappa shape index (κ1) is 12.3. The number of nitrogen functional groups attached to an aromatic ring is 1. The van der Waals surface area contributed by atoms with E-state index in [2.05, 4.69) is 4.98 Å². The van der Waals surface area contributed by atoms with Gasteiger partial charge in [0, 0.05) is 24.1 Å². The van der Waals surface area contributed by atoms with E-state index >= 15 is 0 Å². The van der Waals surface area contributed by atoms with Gasteiger partial charge in [0.05, 0.1) is 12.8 Å². The summed E-state index contributed by atoms with van der Waals surface area (Å²) >= 11 is 0. The molecule has 2 N–H and O–H groups in total. The summed E-state index contributed by atoms with van der Waals surface area (Å²) in [7, 11) is 1.63.